The van der Waals surface area contributed by atoms with Gasteiger partial charge in [-0.15, -0.1) is 0 Å². The Morgan fingerprint density at radius 3 is 1.21 bits per heavy atom. The summed E-state index contributed by atoms with van der Waals surface area (Å²) >= 11 is 0. The molecule has 0 aliphatic rings. The van der Waals surface area contributed by atoms with Crippen LogP contribution in [0.4, 0.5) is 11.4 Å². The van der Waals surface area contributed by atoms with Gasteiger partial charge in [-0.05, 0) is 79.2 Å². The van der Waals surface area contributed by atoms with Crippen molar-refractivity contribution in [1.29, 1.82) is 0 Å². The minimum Gasteiger partial charge on any atom is -0.399 e. The Hall–Kier alpha value is -4.56. The number of hydrogen-bond acceptors (Lipinski definition) is 2. The first-order chi connectivity index (χ1) is 16.7. The maximum absolute atomic E-state index is 6.31. The summed E-state index contributed by atoms with van der Waals surface area (Å²) in [5, 5.41) is 4.83. The SMILES string of the molecule is Nc1ccc(-c2ccc(N)cc2-c2cccc3ccccc23)c(-c2cccc3ccccc23)c1. The van der Waals surface area contributed by atoms with Crippen molar-refractivity contribution in [2.45, 2.75) is 0 Å². The smallest absolute Gasteiger partial charge is 0.0320 e. The van der Waals surface area contributed by atoms with E-state index in [-0.39, 0.29) is 0 Å². The van der Waals surface area contributed by atoms with Crippen LogP contribution in [0.5, 0.6) is 0 Å². The van der Waals surface area contributed by atoms with Crippen LogP contribution in [0.25, 0.3) is 54.9 Å². The van der Waals surface area contributed by atoms with Gasteiger partial charge in [0.25, 0.3) is 0 Å². The molecule has 0 unspecified atom stereocenters. The summed E-state index contributed by atoms with van der Waals surface area (Å²) in [6.07, 6.45) is 0. The molecule has 6 aromatic rings. The van der Waals surface area contributed by atoms with E-state index in [4.69, 9.17) is 11.5 Å². The zero-order valence-electron chi connectivity index (χ0n) is 18.7. The average molecular weight is 437 g/mol. The summed E-state index contributed by atoms with van der Waals surface area (Å²) in [6.45, 7) is 0. The van der Waals surface area contributed by atoms with Gasteiger partial charge in [0, 0.05) is 11.4 Å². The predicted molar refractivity (Wildman–Crippen MR) is 147 cm³/mol. The maximum Gasteiger partial charge on any atom is 0.0320 e. The molecule has 0 heterocycles. The van der Waals surface area contributed by atoms with Crippen molar-refractivity contribution < 1.29 is 0 Å². The van der Waals surface area contributed by atoms with Crippen molar-refractivity contribution >= 4 is 32.9 Å². The number of rotatable bonds is 3. The van der Waals surface area contributed by atoms with Crippen molar-refractivity contribution in [1.82, 2.24) is 0 Å². The largest absolute Gasteiger partial charge is 0.399 e. The number of hydrogen-bond donors (Lipinski definition) is 2. The first-order valence-electron chi connectivity index (χ1n) is 11.4. The molecule has 0 aliphatic heterocycles. The van der Waals surface area contributed by atoms with Crippen LogP contribution in [0.2, 0.25) is 0 Å². The fraction of sp³-hybridized carbons (Fsp3) is 0. The highest BCUT2D eigenvalue weighted by Crippen LogP contribution is 2.43. The standard InChI is InChI=1S/C32H24N2/c33-23-15-17-29(31(19-23)27-13-5-9-21-7-1-3-11-25(21)27)30-18-16-24(34)20-32(30)28-14-6-10-22-8-2-4-12-26(22)28/h1-20H,33-34H2. The highest BCUT2D eigenvalue weighted by Gasteiger charge is 2.16. The van der Waals surface area contributed by atoms with E-state index in [1.807, 2.05) is 12.1 Å². The molecule has 0 aromatic heterocycles. The Labute approximate surface area is 199 Å². The van der Waals surface area contributed by atoms with Gasteiger partial charge in [-0.3, -0.25) is 0 Å². The van der Waals surface area contributed by atoms with Gasteiger partial charge in [0.15, 0.2) is 0 Å². The zero-order chi connectivity index (χ0) is 23.1. The molecule has 0 saturated carbocycles. The second-order valence-electron chi connectivity index (χ2n) is 8.66. The zero-order valence-corrected chi connectivity index (χ0v) is 18.7. The first kappa shape index (κ1) is 20.1. The Morgan fingerprint density at radius 1 is 0.324 bits per heavy atom. The summed E-state index contributed by atoms with van der Waals surface area (Å²) in [6, 6.07) is 42.2. The minimum atomic E-state index is 0.744. The topological polar surface area (TPSA) is 52.0 Å². The minimum absolute atomic E-state index is 0.744. The molecule has 2 nitrogen and oxygen atoms in total. The number of fused-ring (bicyclic) bond motifs is 2. The van der Waals surface area contributed by atoms with Gasteiger partial charge in [0.1, 0.15) is 0 Å². The Balaban J connectivity index is 1.67. The third kappa shape index (κ3) is 3.37. The van der Waals surface area contributed by atoms with Gasteiger partial charge in [-0.25, -0.2) is 0 Å². The van der Waals surface area contributed by atoms with Gasteiger partial charge < -0.3 is 11.5 Å². The van der Waals surface area contributed by atoms with Crippen molar-refractivity contribution in [3.8, 4) is 33.4 Å². The molecule has 0 radical (unpaired) electrons. The molecule has 0 saturated heterocycles. The van der Waals surface area contributed by atoms with Gasteiger partial charge >= 0.3 is 0 Å². The third-order valence-electron chi connectivity index (χ3n) is 6.54. The molecule has 6 rings (SSSR count). The number of nitrogens with two attached hydrogens (primary N) is 2. The van der Waals surface area contributed by atoms with Gasteiger partial charge in [0.2, 0.25) is 0 Å². The molecular weight excluding hydrogens is 412 g/mol. The lowest BCUT2D eigenvalue weighted by Gasteiger charge is -2.18. The number of benzene rings is 6. The molecule has 0 fully saturated rings. The Kier molecular flexibility index (Phi) is 4.78. The van der Waals surface area contributed by atoms with Crippen LogP contribution in [-0.4, -0.2) is 0 Å². The van der Waals surface area contributed by atoms with E-state index in [0.29, 0.717) is 0 Å². The second kappa shape index (κ2) is 8.09. The Bertz CT molecular complexity index is 1540. The molecule has 0 spiro atoms. The lowest BCUT2D eigenvalue weighted by molar-refractivity contribution is 1.58. The molecule has 0 amide bonds. The molecular formula is C32H24N2. The molecule has 0 bridgehead atoms. The van der Waals surface area contributed by atoms with Gasteiger partial charge in [-0.2, -0.15) is 0 Å². The summed E-state index contributed by atoms with van der Waals surface area (Å²) < 4.78 is 0. The highest BCUT2D eigenvalue weighted by molar-refractivity contribution is 6.05. The van der Waals surface area contributed by atoms with Crippen LogP contribution in [-0.2, 0) is 0 Å². The van der Waals surface area contributed by atoms with Crippen LogP contribution < -0.4 is 11.5 Å². The van der Waals surface area contributed by atoms with Crippen molar-refractivity contribution in [3.63, 3.8) is 0 Å². The van der Waals surface area contributed by atoms with E-state index in [0.717, 1.165) is 33.6 Å². The lowest BCUT2D eigenvalue weighted by Crippen LogP contribution is -1.95. The average Bonchev–Trinajstić information content (AvgIpc) is 2.88. The second-order valence-corrected chi connectivity index (χ2v) is 8.66. The van der Waals surface area contributed by atoms with Crippen LogP contribution >= 0.6 is 0 Å². The molecule has 0 aliphatic carbocycles. The predicted octanol–water partition coefficient (Wildman–Crippen LogP) is 8.16. The van der Waals surface area contributed by atoms with E-state index in [1.165, 1.54) is 32.7 Å². The maximum atomic E-state index is 6.31. The normalized spacial score (nSPS) is 11.2. The van der Waals surface area contributed by atoms with Gasteiger partial charge in [-0.1, -0.05) is 97.1 Å². The summed E-state index contributed by atoms with van der Waals surface area (Å²) in [4.78, 5) is 0. The number of nitrogen functional groups attached to an aromatic ring is 2. The van der Waals surface area contributed by atoms with E-state index in [2.05, 4.69) is 109 Å². The Morgan fingerprint density at radius 2 is 0.735 bits per heavy atom. The molecule has 0 atom stereocenters. The summed E-state index contributed by atoms with van der Waals surface area (Å²) in [5.74, 6) is 0. The first-order valence-corrected chi connectivity index (χ1v) is 11.4. The number of anilines is 2. The van der Waals surface area contributed by atoms with Crippen molar-refractivity contribution in [2.75, 3.05) is 11.5 Å². The van der Waals surface area contributed by atoms with Crippen molar-refractivity contribution in [2.24, 2.45) is 0 Å². The third-order valence-corrected chi connectivity index (χ3v) is 6.54. The monoisotopic (exact) mass is 436 g/mol. The molecule has 34 heavy (non-hydrogen) atoms. The van der Waals surface area contributed by atoms with Crippen LogP contribution in [0.1, 0.15) is 0 Å². The molecule has 162 valence electrons. The summed E-state index contributed by atoms with van der Waals surface area (Å²) in [5.41, 5.74) is 20.9. The molecule has 6 aromatic carbocycles. The summed E-state index contributed by atoms with van der Waals surface area (Å²) in [7, 11) is 0. The van der Waals surface area contributed by atoms with Crippen LogP contribution in [0.3, 0.4) is 0 Å². The van der Waals surface area contributed by atoms with E-state index in [1.54, 1.807) is 0 Å². The van der Waals surface area contributed by atoms with E-state index < -0.39 is 0 Å². The van der Waals surface area contributed by atoms with Crippen molar-refractivity contribution in [3.05, 3.63) is 121 Å². The fourth-order valence-electron chi connectivity index (χ4n) is 4.96. The van der Waals surface area contributed by atoms with E-state index >= 15 is 0 Å². The fourth-order valence-corrected chi connectivity index (χ4v) is 4.96. The molecule has 2 heteroatoms. The molecule has 4 N–H and O–H groups in total. The highest BCUT2D eigenvalue weighted by atomic mass is 14.5. The van der Waals surface area contributed by atoms with Crippen LogP contribution in [0, 0.1) is 0 Å². The van der Waals surface area contributed by atoms with Gasteiger partial charge in [0.05, 0.1) is 0 Å². The quantitative estimate of drug-likeness (QED) is 0.275. The van der Waals surface area contributed by atoms with Crippen LogP contribution in [0.15, 0.2) is 121 Å². The lowest BCUT2D eigenvalue weighted by atomic mass is 9.86. The van der Waals surface area contributed by atoms with E-state index in [9.17, 15) is 0 Å².